The molecular weight excluding hydrogens is 298 g/mol. The van der Waals surface area contributed by atoms with E-state index in [-0.39, 0.29) is 5.78 Å². The van der Waals surface area contributed by atoms with E-state index in [2.05, 4.69) is 11.5 Å². The van der Waals surface area contributed by atoms with Gasteiger partial charge in [-0.05, 0) is 18.1 Å². The minimum Gasteiger partial charge on any atom is -0.495 e. The van der Waals surface area contributed by atoms with Crippen molar-refractivity contribution in [2.75, 3.05) is 7.11 Å². The topological polar surface area (TPSA) is 31.2 Å². The van der Waals surface area contributed by atoms with Crippen molar-refractivity contribution in [1.82, 2.24) is 4.57 Å². The number of unbranched alkanes of at least 4 members (excludes halogenated alkanes) is 1. The van der Waals surface area contributed by atoms with Crippen molar-refractivity contribution >= 4 is 16.7 Å². The Bertz CT molecular complexity index is 834. The van der Waals surface area contributed by atoms with E-state index in [1.165, 1.54) is 0 Å². The number of nitrogens with zero attached hydrogens (tertiary/aromatic N) is 1. The molecule has 0 bridgehead atoms. The number of ether oxygens (including phenoxy) is 1. The van der Waals surface area contributed by atoms with Crippen molar-refractivity contribution in [3.8, 4) is 5.75 Å². The molecule has 0 atom stereocenters. The fourth-order valence-corrected chi connectivity index (χ4v) is 3.09. The predicted molar refractivity (Wildman–Crippen MR) is 97.9 cm³/mol. The van der Waals surface area contributed by atoms with Gasteiger partial charge in [-0.2, -0.15) is 0 Å². The minimum absolute atomic E-state index is 0.148. The van der Waals surface area contributed by atoms with Crippen LogP contribution in [-0.2, 0) is 13.0 Å². The van der Waals surface area contributed by atoms with Gasteiger partial charge in [-0.25, -0.2) is 0 Å². The van der Waals surface area contributed by atoms with Gasteiger partial charge >= 0.3 is 0 Å². The first kappa shape index (κ1) is 16.3. The molecule has 3 aromatic rings. The summed E-state index contributed by atoms with van der Waals surface area (Å²) >= 11 is 0. The molecule has 24 heavy (non-hydrogen) atoms. The van der Waals surface area contributed by atoms with Crippen LogP contribution in [0.3, 0.4) is 0 Å². The average molecular weight is 321 g/mol. The summed E-state index contributed by atoms with van der Waals surface area (Å²) in [7, 11) is 1.68. The molecule has 0 radical (unpaired) electrons. The van der Waals surface area contributed by atoms with Gasteiger partial charge < -0.3 is 9.30 Å². The normalized spacial score (nSPS) is 10.9. The summed E-state index contributed by atoms with van der Waals surface area (Å²) in [4.78, 5) is 12.9. The zero-order chi connectivity index (χ0) is 16.9. The molecule has 3 nitrogen and oxygen atoms in total. The summed E-state index contributed by atoms with van der Waals surface area (Å²) in [5.74, 6) is 0.970. The van der Waals surface area contributed by atoms with Crippen LogP contribution in [0.4, 0.5) is 0 Å². The van der Waals surface area contributed by atoms with E-state index in [9.17, 15) is 4.79 Å². The van der Waals surface area contributed by atoms with E-state index in [0.29, 0.717) is 6.42 Å². The molecule has 0 N–H and O–H groups in total. The lowest BCUT2D eigenvalue weighted by atomic mass is 10.0. The smallest absolute Gasteiger partial charge is 0.169 e. The third-order valence-corrected chi connectivity index (χ3v) is 4.34. The number of para-hydroxylation sites is 1. The minimum atomic E-state index is 0.148. The quantitative estimate of drug-likeness (QED) is 0.581. The van der Waals surface area contributed by atoms with Gasteiger partial charge in [0.2, 0.25) is 0 Å². The predicted octanol–water partition coefficient (Wildman–Crippen LogP) is 4.88. The molecule has 2 aromatic carbocycles. The number of aryl methyl sites for hydroxylation is 1. The summed E-state index contributed by atoms with van der Waals surface area (Å²) in [6, 6.07) is 15.8. The van der Waals surface area contributed by atoms with Gasteiger partial charge in [0.25, 0.3) is 0 Å². The van der Waals surface area contributed by atoms with E-state index < -0.39 is 0 Å². The number of benzene rings is 2. The average Bonchev–Trinajstić information content (AvgIpc) is 3.00. The Hall–Kier alpha value is -2.55. The number of fused-ring (bicyclic) bond motifs is 1. The van der Waals surface area contributed by atoms with Crippen molar-refractivity contribution in [2.45, 2.75) is 32.7 Å². The van der Waals surface area contributed by atoms with Crippen molar-refractivity contribution in [3.63, 3.8) is 0 Å². The van der Waals surface area contributed by atoms with Crippen molar-refractivity contribution in [1.29, 1.82) is 0 Å². The number of carbonyl (C=O) groups is 1. The number of carbonyl (C=O) groups excluding carboxylic acids is 1. The molecule has 124 valence electrons. The van der Waals surface area contributed by atoms with Crippen LogP contribution >= 0.6 is 0 Å². The number of aromatic nitrogens is 1. The molecule has 1 aromatic heterocycles. The Morgan fingerprint density at radius 1 is 1.08 bits per heavy atom. The maximum atomic E-state index is 12.9. The lowest BCUT2D eigenvalue weighted by Crippen LogP contribution is -2.03. The number of Topliss-reactive ketones (excluding diaryl/α,β-unsaturated/α-hetero) is 1. The van der Waals surface area contributed by atoms with Crippen molar-refractivity contribution in [2.24, 2.45) is 0 Å². The fourth-order valence-electron chi connectivity index (χ4n) is 3.09. The molecule has 0 amide bonds. The first-order valence-electron chi connectivity index (χ1n) is 8.47. The van der Waals surface area contributed by atoms with Gasteiger partial charge in [-0.3, -0.25) is 4.79 Å². The highest BCUT2D eigenvalue weighted by Crippen LogP contribution is 2.31. The largest absolute Gasteiger partial charge is 0.495 e. The molecule has 0 aliphatic heterocycles. The van der Waals surface area contributed by atoms with E-state index >= 15 is 0 Å². The van der Waals surface area contributed by atoms with Gasteiger partial charge in [-0.1, -0.05) is 55.8 Å². The standard InChI is InChI=1S/C21H23NO2/c1-3-4-13-22-15-18(17-11-8-12-20(24-2)21(17)22)19(23)14-16-9-6-5-7-10-16/h5-12,15H,3-4,13-14H2,1-2H3. The van der Waals surface area contributed by atoms with Crippen LogP contribution < -0.4 is 4.74 Å². The van der Waals surface area contributed by atoms with Crippen LogP contribution in [0.2, 0.25) is 0 Å². The third kappa shape index (κ3) is 3.21. The van der Waals surface area contributed by atoms with Gasteiger partial charge in [-0.15, -0.1) is 0 Å². The number of hydrogen-bond acceptors (Lipinski definition) is 2. The Kier molecular flexibility index (Phi) is 4.99. The monoisotopic (exact) mass is 321 g/mol. The SMILES string of the molecule is CCCCn1cc(C(=O)Cc2ccccc2)c2cccc(OC)c21. The van der Waals surface area contributed by atoms with Gasteiger partial charge in [0.05, 0.1) is 12.6 Å². The highest BCUT2D eigenvalue weighted by atomic mass is 16.5. The molecule has 0 fully saturated rings. The Morgan fingerprint density at radius 3 is 2.58 bits per heavy atom. The van der Waals surface area contributed by atoms with Crippen LogP contribution in [0, 0.1) is 0 Å². The maximum Gasteiger partial charge on any atom is 0.169 e. The van der Waals surface area contributed by atoms with E-state index in [4.69, 9.17) is 4.74 Å². The first-order chi connectivity index (χ1) is 11.7. The Labute approximate surface area is 142 Å². The second-order valence-corrected chi connectivity index (χ2v) is 6.03. The second kappa shape index (κ2) is 7.35. The number of rotatable bonds is 7. The second-order valence-electron chi connectivity index (χ2n) is 6.03. The Morgan fingerprint density at radius 2 is 1.88 bits per heavy atom. The van der Waals surface area contributed by atoms with Crippen LogP contribution in [-0.4, -0.2) is 17.5 Å². The van der Waals surface area contributed by atoms with Crippen molar-refractivity contribution in [3.05, 3.63) is 65.9 Å². The zero-order valence-electron chi connectivity index (χ0n) is 14.3. The maximum absolute atomic E-state index is 12.9. The van der Waals surface area contributed by atoms with Crippen LogP contribution in [0.25, 0.3) is 10.9 Å². The Balaban J connectivity index is 2.02. The van der Waals surface area contributed by atoms with Crippen LogP contribution in [0.15, 0.2) is 54.7 Å². The molecule has 0 aliphatic carbocycles. The van der Waals surface area contributed by atoms with Gasteiger partial charge in [0, 0.05) is 30.1 Å². The lowest BCUT2D eigenvalue weighted by molar-refractivity contribution is 0.0994. The molecule has 0 spiro atoms. The molecule has 1 heterocycles. The highest BCUT2D eigenvalue weighted by Gasteiger charge is 2.17. The van der Waals surface area contributed by atoms with E-state index in [0.717, 1.165) is 47.2 Å². The summed E-state index contributed by atoms with van der Waals surface area (Å²) in [6.45, 7) is 3.07. The first-order valence-corrected chi connectivity index (χ1v) is 8.47. The number of ketones is 1. The highest BCUT2D eigenvalue weighted by molar-refractivity contribution is 6.10. The number of hydrogen-bond donors (Lipinski definition) is 0. The molecule has 0 saturated heterocycles. The fraction of sp³-hybridized carbons (Fsp3) is 0.286. The summed E-state index contributed by atoms with van der Waals surface area (Å²) in [5.41, 5.74) is 2.84. The van der Waals surface area contributed by atoms with Gasteiger partial charge in [0.1, 0.15) is 5.75 Å². The molecule has 0 unspecified atom stereocenters. The molecule has 0 aliphatic rings. The molecular formula is C21H23NO2. The van der Waals surface area contributed by atoms with E-state index in [1.807, 2.05) is 54.7 Å². The van der Waals surface area contributed by atoms with Crippen molar-refractivity contribution < 1.29 is 9.53 Å². The van der Waals surface area contributed by atoms with E-state index in [1.54, 1.807) is 7.11 Å². The number of methoxy groups -OCH3 is 1. The molecule has 3 rings (SSSR count). The van der Waals surface area contributed by atoms with Gasteiger partial charge in [0.15, 0.2) is 5.78 Å². The molecule has 3 heteroatoms. The summed E-state index contributed by atoms with van der Waals surface area (Å²) < 4.78 is 7.69. The van der Waals surface area contributed by atoms with Crippen LogP contribution in [0.5, 0.6) is 5.75 Å². The summed E-state index contributed by atoms with van der Waals surface area (Å²) in [6.07, 6.45) is 4.61. The van der Waals surface area contributed by atoms with Crippen LogP contribution in [0.1, 0.15) is 35.7 Å². The molecule has 0 saturated carbocycles. The third-order valence-electron chi connectivity index (χ3n) is 4.34. The summed E-state index contributed by atoms with van der Waals surface area (Å²) in [5, 5.41) is 0.978. The zero-order valence-corrected chi connectivity index (χ0v) is 14.3. The lowest BCUT2D eigenvalue weighted by Gasteiger charge is -2.07.